The van der Waals surface area contributed by atoms with Crippen molar-refractivity contribution < 1.29 is 0 Å². The van der Waals surface area contributed by atoms with Crippen molar-refractivity contribution in [2.75, 3.05) is 13.1 Å². The van der Waals surface area contributed by atoms with Crippen molar-refractivity contribution >= 4 is 0 Å². The lowest BCUT2D eigenvalue weighted by atomic mass is 10.00. The van der Waals surface area contributed by atoms with Gasteiger partial charge in [0, 0.05) is 6.54 Å². The Hall–Kier alpha value is -0.300. The highest BCUT2D eigenvalue weighted by Crippen LogP contribution is 2.34. The second-order valence-electron chi connectivity index (χ2n) is 3.50. The first-order valence-corrected chi connectivity index (χ1v) is 5.29. The zero-order valence-electron chi connectivity index (χ0n) is 8.61. The van der Waals surface area contributed by atoms with Crippen molar-refractivity contribution in [3.05, 3.63) is 11.1 Å². The summed E-state index contributed by atoms with van der Waals surface area (Å²) in [5, 5.41) is 3.43. The van der Waals surface area contributed by atoms with Crippen LogP contribution in [0.3, 0.4) is 0 Å². The van der Waals surface area contributed by atoms with E-state index in [0.717, 1.165) is 5.92 Å². The second kappa shape index (κ2) is 4.66. The quantitative estimate of drug-likeness (QED) is 0.547. The van der Waals surface area contributed by atoms with Crippen LogP contribution in [0.15, 0.2) is 11.1 Å². The number of hydrogen-bond donors (Lipinski definition) is 1. The molecule has 1 unspecified atom stereocenters. The fourth-order valence-corrected chi connectivity index (χ4v) is 2.12. The van der Waals surface area contributed by atoms with Crippen molar-refractivity contribution in [3.63, 3.8) is 0 Å². The lowest BCUT2D eigenvalue weighted by molar-refractivity contribution is 0.620. The molecule has 70 valence electrons. The zero-order chi connectivity index (χ0) is 8.97. The van der Waals surface area contributed by atoms with Crippen molar-refractivity contribution in [2.24, 2.45) is 5.92 Å². The molecule has 1 aliphatic heterocycles. The molecule has 12 heavy (non-hydrogen) atoms. The molecule has 2 aliphatic rings. The van der Waals surface area contributed by atoms with E-state index >= 15 is 0 Å². The Balaban J connectivity index is 0.000000336. The molecule has 2 rings (SSSR count). The van der Waals surface area contributed by atoms with Gasteiger partial charge < -0.3 is 5.32 Å². The van der Waals surface area contributed by atoms with Crippen molar-refractivity contribution in [1.29, 1.82) is 0 Å². The fraction of sp³-hybridized carbons (Fsp3) is 0.818. The van der Waals surface area contributed by atoms with Gasteiger partial charge in [-0.05, 0) is 31.7 Å². The first-order chi connectivity index (χ1) is 5.88. The first-order valence-electron chi connectivity index (χ1n) is 5.29. The predicted octanol–water partition coefficient (Wildman–Crippen LogP) is 2.73. The van der Waals surface area contributed by atoms with Crippen molar-refractivity contribution in [2.45, 2.75) is 40.0 Å². The fourth-order valence-electron chi connectivity index (χ4n) is 2.12. The van der Waals surface area contributed by atoms with E-state index in [9.17, 15) is 0 Å². The summed E-state index contributed by atoms with van der Waals surface area (Å²) in [5.41, 5.74) is 3.50. The normalized spacial score (nSPS) is 27.8. The number of hydrogen-bond acceptors (Lipinski definition) is 1. The van der Waals surface area contributed by atoms with E-state index in [-0.39, 0.29) is 0 Å². The van der Waals surface area contributed by atoms with Crippen LogP contribution in [0.4, 0.5) is 0 Å². The van der Waals surface area contributed by atoms with E-state index in [0.29, 0.717) is 0 Å². The average Bonchev–Trinajstić information content (AvgIpc) is 2.53. The molecule has 0 amide bonds. The van der Waals surface area contributed by atoms with Crippen LogP contribution in [-0.2, 0) is 0 Å². The van der Waals surface area contributed by atoms with E-state index in [2.05, 4.69) is 12.2 Å². The molecule has 0 aromatic rings. The largest absolute Gasteiger partial charge is 0.313 e. The van der Waals surface area contributed by atoms with Gasteiger partial charge in [0.05, 0.1) is 0 Å². The SMILES string of the molecule is CC.CC1CCC2=C1CNCC2. The maximum Gasteiger partial charge on any atom is 0.0170 e. The summed E-state index contributed by atoms with van der Waals surface area (Å²) in [6, 6.07) is 0. The molecule has 0 fully saturated rings. The first kappa shape index (κ1) is 9.79. The topological polar surface area (TPSA) is 12.0 Å². The van der Waals surface area contributed by atoms with Crippen LogP contribution in [0.25, 0.3) is 0 Å². The molecule has 1 heteroatoms. The third kappa shape index (κ3) is 1.89. The van der Waals surface area contributed by atoms with Gasteiger partial charge in [-0.3, -0.25) is 0 Å². The van der Waals surface area contributed by atoms with E-state index in [1.54, 1.807) is 11.1 Å². The Bertz CT molecular complexity index is 170. The summed E-state index contributed by atoms with van der Waals surface area (Å²) in [6.45, 7) is 8.75. The molecular formula is C11H21N. The molecule has 0 spiro atoms. The van der Waals surface area contributed by atoms with Crippen LogP contribution in [-0.4, -0.2) is 13.1 Å². The van der Waals surface area contributed by atoms with Gasteiger partial charge in [-0.1, -0.05) is 31.9 Å². The molecule has 1 nitrogen and oxygen atoms in total. The van der Waals surface area contributed by atoms with E-state index in [4.69, 9.17) is 0 Å². The summed E-state index contributed by atoms with van der Waals surface area (Å²) in [7, 11) is 0. The highest BCUT2D eigenvalue weighted by Gasteiger charge is 2.22. The molecular weight excluding hydrogens is 146 g/mol. The van der Waals surface area contributed by atoms with Gasteiger partial charge in [0.25, 0.3) is 0 Å². The summed E-state index contributed by atoms with van der Waals surface area (Å²) >= 11 is 0. The van der Waals surface area contributed by atoms with Crippen LogP contribution in [0.5, 0.6) is 0 Å². The van der Waals surface area contributed by atoms with Crippen LogP contribution < -0.4 is 5.32 Å². The van der Waals surface area contributed by atoms with Crippen LogP contribution in [0, 0.1) is 5.92 Å². The minimum atomic E-state index is 0.878. The van der Waals surface area contributed by atoms with E-state index in [1.165, 1.54) is 32.4 Å². The molecule has 1 atom stereocenters. The molecule has 0 aromatic carbocycles. The highest BCUT2D eigenvalue weighted by molar-refractivity contribution is 5.25. The van der Waals surface area contributed by atoms with E-state index < -0.39 is 0 Å². The summed E-state index contributed by atoms with van der Waals surface area (Å²) in [6.07, 6.45) is 4.12. The average molecular weight is 167 g/mol. The third-order valence-corrected chi connectivity index (χ3v) is 2.85. The summed E-state index contributed by atoms with van der Waals surface area (Å²) in [4.78, 5) is 0. The highest BCUT2D eigenvalue weighted by atomic mass is 14.9. The Labute approximate surface area is 76.2 Å². The van der Waals surface area contributed by atoms with Crippen LogP contribution in [0.1, 0.15) is 40.0 Å². The van der Waals surface area contributed by atoms with Gasteiger partial charge in [0.15, 0.2) is 0 Å². The smallest absolute Gasteiger partial charge is 0.0170 e. The van der Waals surface area contributed by atoms with E-state index in [1.807, 2.05) is 13.8 Å². The molecule has 1 N–H and O–H groups in total. The lowest BCUT2D eigenvalue weighted by Gasteiger charge is -2.17. The van der Waals surface area contributed by atoms with Gasteiger partial charge in [0.1, 0.15) is 0 Å². The van der Waals surface area contributed by atoms with Crippen molar-refractivity contribution in [3.8, 4) is 0 Å². The Morgan fingerprint density at radius 3 is 2.67 bits per heavy atom. The van der Waals surface area contributed by atoms with Crippen LogP contribution >= 0.6 is 0 Å². The van der Waals surface area contributed by atoms with Gasteiger partial charge in [-0.25, -0.2) is 0 Å². The molecule has 1 heterocycles. The molecule has 1 aliphatic carbocycles. The minimum absolute atomic E-state index is 0.878. The molecule has 0 aromatic heterocycles. The Morgan fingerprint density at radius 1 is 1.25 bits per heavy atom. The maximum absolute atomic E-state index is 3.43. The lowest BCUT2D eigenvalue weighted by Crippen LogP contribution is -2.24. The van der Waals surface area contributed by atoms with Gasteiger partial charge in [-0.2, -0.15) is 0 Å². The standard InChI is InChI=1S/C9H15N.C2H6/c1-7-2-3-8-4-5-10-6-9(7)8;1-2/h7,10H,2-6H2,1H3;1-2H3. The summed E-state index contributed by atoms with van der Waals surface area (Å²) in [5.74, 6) is 0.878. The Kier molecular flexibility index (Phi) is 3.80. The molecule has 0 bridgehead atoms. The van der Waals surface area contributed by atoms with Crippen molar-refractivity contribution in [1.82, 2.24) is 5.32 Å². The molecule has 0 saturated heterocycles. The number of rotatable bonds is 0. The zero-order valence-corrected chi connectivity index (χ0v) is 8.61. The predicted molar refractivity (Wildman–Crippen MR) is 54.3 cm³/mol. The summed E-state index contributed by atoms with van der Waals surface area (Å²) < 4.78 is 0. The maximum atomic E-state index is 3.43. The Morgan fingerprint density at radius 2 is 2.00 bits per heavy atom. The third-order valence-electron chi connectivity index (χ3n) is 2.85. The monoisotopic (exact) mass is 167 g/mol. The van der Waals surface area contributed by atoms with Crippen LogP contribution in [0.2, 0.25) is 0 Å². The van der Waals surface area contributed by atoms with Gasteiger partial charge in [0.2, 0.25) is 0 Å². The van der Waals surface area contributed by atoms with Gasteiger partial charge in [-0.15, -0.1) is 0 Å². The van der Waals surface area contributed by atoms with Gasteiger partial charge >= 0.3 is 0 Å². The molecule has 0 radical (unpaired) electrons. The second-order valence-corrected chi connectivity index (χ2v) is 3.50. The minimum Gasteiger partial charge on any atom is -0.313 e. The number of nitrogens with one attached hydrogen (secondary N) is 1. The molecule has 0 saturated carbocycles.